The Morgan fingerprint density at radius 3 is 2.10 bits per heavy atom. The smallest absolute Gasteiger partial charge is 0.329 e. The van der Waals surface area contributed by atoms with Crippen molar-refractivity contribution < 1.29 is 24.0 Å². The number of anilines is 2. The van der Waals surface area contributed by atoms with Crippen LogP contribution in [0, 0.1) is 5.41 Å². The molecule has 1 heterocycles. The number of amides is 5. The Labute approximate surface area is 242 Å². The summed E-state index contributed by atoms with van der Waals surface area (Å²) in [4.78, 5) is 71.0. The largest absolute Gasteiger partial charge is 0.397 e. The first kappa shape index (κ1) is 29.3. The normalized spacial score (nSPS) is 15.0. The molecule has 1 aliphatic heterocycles. The van der Waals surface area contributed by atoms with Crippen LogP contribution in [0.15, 0.2) is 72.8 Å². The number of nitrogens with one attached hydrogen (secondary N) is 1. The number of benzene rings is 3. The third kappa shape index (κ3) is 5.38. The Balaban J connectivity index is 2.00. The summed E-state index contributed by atoms with van der Waals surface area (Å²) < 4.78 is 0. The van der Waals surface area contributed by atoms with Crippen LogP contribution in [0.2, 0.25) is 5.02 Å². The van der Waals surface area contributed by atoms with Crippen LogP contribution >= 0.6 is 11.6 Å². The highest BCUT2D eigenvalue weighted by molar-refractivity contribution is 6.36. The van der Waals surface area contributed by atoms with Gasteiger partial charge in [0, 0.05) is 17.6 Å². The van der Waals surface area contributed by atoms with Crippen LogP contribution in [0.25, 0.3) is 0 Å². The maximum absolute atomic E-state index is 14.5. The van der Waals surface area contributed by atoms with E-state index in [0.717, 1.165) is 11.6 Å². The van der Waals surface area contributed by atoms with Crippen LogP contribution in [0.4, 0.5) is 16.2 Å². The molecule has 1 fully saturated rings. The summed E-state index contributed by atoms with van der Waals surface area (Å²) in [6.07, 6.45) is 0. The van der Waals surface area contributed by atoms with Crippen molar-refractivity contribution in [1.82, 2.24) is 9.80 Å². The van der Waals surface area contributed by atoms with Crippen molar-refractivity contribution in [3.8, 4) is 0 Å². The van der Waals surface area contributed by atoms with Gasteiger partial charge in [0.15, 0.2) is 5.78 Å². The molecule has 3 aromatic carbocycles. The van der Waals surface area contributed by atoms with Gasteiger partial charge in [0.1, 0.15) is 6.54 Å². The highest BCUT2D eigenvalue weighted by Crippen LogP contribution is 2.43. The van der Waals surface area contributed by atoms with Crippen LogP contribution in [0.1, 0.15) is 42.3 Å². The van der Waals surface area contributed by atoms with Crippen molar-refractivity contribution in [1.29, 1.82) is 0 Å². The molecule has 0 aliphatic carbocycles. The zero-order chi connectivity index (χ0) is 30.1. The molecule has 4 rings (SSSR count). The van der Waals surface area contributed by atoms with Crippen molar-refractivity contribution in [2.45, 2.75) is 32.9 Å². The van der Waals surface area contributed by atoms with E-state index in [0.29, 0.717) is 10.6 Å². The fourth-order valence-corrected chi connectivity index (χ4v) is 5.03. The first-order valence-corrected chi connectivity index (χ1v) is 13.1. The summed E-state index contributed by atoms with van der Waals surface area (Å²) in [5.41, 5.74) is 8.22. The fourth-order valence-electron chi connectivity index (χ4n) is 4.83. The second-order valence-electron chi connectivity index (χ2n) is 10.8. The molecular formula is C30H30ClN5O5. The van der Waals surface area contributed by atoms with Crippen LogP contribution < -0.4 is 16.8 Å². The zero-order valence-electron chi connectivity index (χ0n) is 22.8. The van der Waals surface area contributed by atoms with E-state index in [4.69, 9.17) is 23.1 Å². The predicted molar refractivity (Wildman–Crippen MR) is 155 cm³/mol. The standard InChI is InChI=1S/C30H30ClN5O5/c1-29(2,3)26(39)30(27(40)34-20-12-8-5-9-13-20,19-14-21(25(33)38)24(31)22(32)15-19)36-23(37)17-35(28(36)41)16-18-10-6-4-7-11-18/h4-15H,16-17,32H2,1-3H3,(H2,33,38)(H,34,40). The molecular weight excluding hydrogens is 546 g/mol. The maximum Gasteiger partial charge on any atom is 0.329 e. The number of primary amides is 1. The predicted octanol–water partition coefficient (Wildman–Crippen LogP) is 3.93. The summed E-state index contributed by atoms with van der Waals surface area (Å²) in [7, 11) is 0. The number of nitrogen functional groups attached to an aromatic ring is 1. The van der Waals surface area contributed by atoms with Crippen LogP contribution in [-0.4, -0.2) is 45.9 Å². The van der Waals surface area contributed by atoms with Gasteiger partial charge in [-0.05, 0) is 35.4 Å². The lowest BCUT2D eigenvalue weighted by molar-refractivity contribution is -0.152. The molecule has 3 aromatic rings. The van der Waals surface area contributed by atoms with Crippen molar-refractivity contribution >= 4 is 52.5 Å². The molecule has 10 nitrogen and oxygen atoms in total. The van der Waals surface area contributed by atoms with Crippen LogP contribution in [-0.2, 0) is 26.5 Å². The average molecular weight is 576 g/mol. The van der Waals surface area contributed by atoms with Gasteiger partial charge < -0.3 is 21.7 Å². The number of para-hydroxylation sites is 1. The monoisotopic (exact) mass is 575 g/mol. The first-order chi connectivity index (χ1) is 19.3. The molecule has 0 aromatic heterocycles. The topological polar surface area (TPSA) is 156 Å². The van der Waals surface area contributed by atoms with Gasteiger partial charge in [0.25, 0.3) is 11.8 Å². The van der Waals surface area contributed by atoms with E-state index in [1.807, 2.05) is 6.07 Å². The van der Waals surface area contributed by atoms with E-state index >= 15 is 0 Å². The number of hydrogen-bond donors (Lipinski definition) is 3. The lowest BCUT2D eigenvalue weighted by Gasteiger charge is -2.41. The van der Waals surface area contributed by atoms with E-state index < -0.39 is 47.0 Å². The molecule has 0 bridgehead atoms. The number of nitrogens with two attached hydrogens (primary N) is 2. The van der Waals surface area contributed by atoms with Gasteiger partial charge in [-0.2, -0.15) is 0 Å². The third-order valence-electron chi connectivity index (χ3n) is 6.74. The summed E-state index contributed by atoms with van der Waals surface area (Å²) in [6, 6.07) is 18.7. The van der Waals surface area contributed by atoms with Gasteiger partial charge in [-0.25, -0.2) is 9.69 Å². The summed E-state index contributed by atoms with van der Waals surface area (Å²) in [5, 5.41) is 2.50. The number of nitrogens with zero attached hydrogens (tertiary/aromatic N) is 2. The van der Waals surface area contributed by atoms with Crippen molar-refractivity contribution in [2.24, 2.45) is 11.1 Å². The Bertz CT molecular complexity index is 1540. The van der Waals surface area contributed by atoms with E-state index in [1.165, 1.54) is 11.0 Å². The second kappa shape index (κ2) is 11.1. The molecule has 1 atom stereocenters. The molecule has 1 unspecified atom stereocenters. The van der Waals surface area contributed by atoms with Crippen molar-refractivity contribution in [3.05, 3.63) is 94.5 Å². The minimum absolute atomic E-state index is 0.0529. The summed E-state index contributed by atoms with van der Waals surface area (Å²) in [5.74, 6) is -3.56. The average Bonchev–Trinajstić information content (AvgIpc) is 3.19. The molecule has 212 valence electrons. The van der Waals surface area contributed by atoms with E-state index in [2.05, 4.69) is 5.32 Å². The first-order valence-electron chi connectivity index (χ1n) is 12.7. The molecule has 0 saturated carbocycles. The Morgan fingerprint density at radius 1 is 0.951 bits per heavy atom. The molecule has 5 N–H and O–H groups in total. The molecule has 0 radical (unpaired) electrons. The SMILES string of the molecule is CC(C)(C)C(=O)C(C(=O)Nc1ccccc1)(c1cc(N)c(Cl)c(C(N)=O)c1)N1C(=O)CN(Cc2ccccc2)C1=O. The quantitative estimate of drug-likeness (QED) is 0.210. The van der Waals surface area contributed by atoms with Crippen LogP contribution in [0.5, 0.6) is 0 Å². The van der Waals surface area contributed by atoms with Gasteiger partial charge in [-0.3, -0.25) is 19.2 Å². The van der Waals surface area contributed by atoms with E-state index in [9.17, 15) is 24.0 Å². The van der Waals surface area contributed by atoms with Crippen molar-refractivity contribution in [2.75, 3.05) is 17.6 Å². The Hall–Kier alpha value is -4.70. The molecule has 1 saturated heterocycles. The third-order valence-corrected chi connectivity index (χ3v) is 7.16. The van der Waals surface area contributed by atoms with Gasteiger partial charge in [0.05, 0.1) is 16.3 Å². The molecule has 0 spiro atoms. The minimum atomic E-state index is -2.59. The number of carbonyl (C=O) groups is 5. The highest BCUT2D eigenvalue weighted by atomic mass is 35.5. The second-order valence-corrected chi connectivity index (χ2v) is 11.1. The highest BCUT2D eigenvalue weighted by Gasteiger charge is 2.62. The van der Waals surface area contributed by atoms with Gasteiger partial charge in [0.2, 0.25) is 11.4 Å². The molecule has 1 aliphatic rings. The number of halogens is 1. The number of Topliss-reactive ketones (excluding diaryl/α,β-unsaturated/α-hetero) is 1. The van der Waals surface area contributed by atoms with E-state index in [-0.39, 0.29) is 28.4 Å². The number of hydrogen-bond acceptors (Lipinski definition) is 6. The van der Waals surface area contributed by atoms with Crippen LogP contribution in [0.3, 0.4) is 0 Å². The van der Waals surface area contributed by atoms with Gasteiger partial charge >= 0.3 is 6.03 Å². The number of imide groups is 1. The Morgan fingerprint density at radius 2 is 1.54 bits per heavy atom. The number of ketones is 1. The number of urea groups is 1. The maximum atomic E-state index is 14.5. The lowest BCUT2D eigenvalue weighted by atomic mass is 9.72. The minimum Gasteiger partial charge on any atom is -0.397 e. The van der Waals surface area contributed by atoms with Crippen molar-refractivity contribution in [3.63, 3.8) is 0 Å². The Kier molecular flexibility index (Phi) is 7.89. The van der Waals surface area contributed by atoms with Gasteiger partial charge in [-0.15, -0.1) is 0 Å². The van der Waals surface area contributed by atoms with Gasteiger partial charge in [-0.1, -0.05) is 80.9 Å². The fraction of sp³-hybridized carbons (Fsp3) is 0.233. The summed E-state index contributed by atoms with van der Waals surface area (Å²) in [6.45, 7) is 4.33. The lowest BCUT2D eigenvalue weighted by Crippen LogP contribution is -2.64. The van der Waals surface area contributed by atoms with E-state index in [1.54, 1.807) is 75.4 Å². The zero-order valence-corrected chi connectivity index (χ0v) is 23.6. The number of carbonyl (C=O) groups excluding carboxylic acids is 5. The molecule has 5 amide bonds. The summed E-state index contributed by atoms with van der Waals surface area (Å²) >= 11 is 6.25. The molecule has 41 heavy (non-hydrogen) atoms. The number of rotatable bonds is 8. The molecule has 11 heteroatoms.